The van der Waals surface area contributed by atoms with Crippen molar-refractivity contribution >= 4 is 15.9 Å². The van der Waals surface area contributed by atoms with Crippen LogP contribution >= 0.6 is 15.9 Å². The van der Waals surface area contributed by atoms with Crippen LogP contribution in [0.4, 0.5) is 4.39 Å². The minimum absolute atomic E-state index is 0.182. The molecule has 1 aliphatic heterocycles. The average molecular weight is 329 g/mol. The Morgan fingerprint density at radius 2 is 2.05 bits per heavy atom. The molecule has 2 N–H and O–H groups in total. The van der Waals surface area contributed by atoms with Crippen molar-refractivity contribution in [3.63, 3.8) is 0 Å². The zero-order valence-electron chi connectivity index (χ0n) is 11.6. The van der Waals surface area contributed by atoms with Crippen molar-refractivity contribution in [2.45, 2.75) is 44.7 Å². The second kappa shape index (κ2) is 5.90. The van der Waals surface area contributed by atoms with Crippen LogP contribution in [0.15, 0.2) is 22.7 Å². The van der Waals surface area contributed by atoms with Gasteiger partial charge in [-0.3, -0.25) is 4.90 Å². The van der Waals surface area contributed by atoms with Crippen LogP contribution in [0.1, 0.15) is 44.7 Å². The molecule has 106 valence electrons. The molecule has 0 aromatic heterocycles. The van der Waals surface area contributed by atoms with Crippen molar-refractivity contribution in [2.24, 2.45) is 5.73 Å². The van der Waals surface area contributed by atoms with Crippen LogP contribution in [-0.2, 0) is 0 Å². The second-order valence-electron chi connectivity index (χ2n) is 5.53. The first-order valence-electron chi connectivity index (χ1n) is 6.95. The molecule has 1 heterocycles. The lowest BCUT2D eigenvalue weighted by atomic mass is 9.83. The van der Waals surface area contributed by atoms with E-state index in [1.54, 1.807) is 12.1 Å². The maximum absolute atomic E-state index is 14.3. The van der Waals surface area contributed by atoms with Crippen molar-refractivity contribution in [3.8, 4) is 0 Å². The first-order valence-corrected chi connectivity index (χ1v) is 7.74. The number of hydrogen-bond acceptors (Lipinski definition) is 2. The van der Waals surface area contributed by atoms with Gasteiger partial charge in [0.25, 0.3) is 0 Å². The molecular formula is C15H22BrFN2. The van der Waals surface area contributed by atoms with Crippen LogP contribution in [-0.4, -0.2) is 23.5 Å². The number of rotatable bonds is 4. The van der Waals surface area contributed by atoms with Crippen molar-refractivity contribution in [1.82, 2.24) is 4.90 Å². The Morgan fingerprint density at radius 3 is 2.63 bits per heavy atom. The Bertz CT molecular complexity index is 446. The van der Waals surface area contributed by atoms with E-state index in [2.05, 4.69) is 34.7 Å². The third kappa shape index (κ3) is 2.71. The molecule has 0 spiro atoms. The monoisotopic (exact) mass is 328 g/mol. The molecule has 1 saturated heterocycles. The van der Waals surface area contributed by atoms with Gasteiger partial charge in [-0.1, -0.05) is 19.1 Å². The molecule has 4 heteroatoms. The first-order chi connectivity index (χ1) is 9.00. The van der Waals surface area contributed by atoms with Gasteiger partial charge in [-0.05, 0) is 61.3 Å². The molecular weight excluding hydrogens is 307 g/mol. The van der Waals surface area contributed by atoms with Crippen molar-refractivity contribution in [1.29, 1.82) is 0 Å². The lowest BCUT2D eigenvalue weighted by Gasteiger charge is -2.43. The van der Waals surface area contributed by atoms with Gasteiger partial charge in [-0.15, -0.1) is 0 Å². The fraction of sp³-hybridized carbons (Fsp3) is 0.600. The molecule has 1 aromatic carbocycles. The molecule has 2 atom stereocenters. The summed E-state index contributed by atoms with van der Waals surface area (Å²) >= 11 is 3.24. The Morgan fingerprint density at radius 1 is 1.42 bits per heavy atom. The highest BCUT2D eigenvalue weighted by molar-refractivity contribution is 9.10. The Hall–Kier alpha value is -0.450. The molecule has 0 saturated carbocycles. The number of hydrogen-bond donors (Lipinski definition) is 1. The molecule has 1 aromatic rings. The van der Waals surface area contributed by atoms with Crippen molar-refractivity contribution < 1.29 is 4.39 Å². The lowest BCUT2D eigenvalue weighted by Crippen LogP contribution is -2.52. The molecule has 1 fully saturated rings. The van der Waals surface area contributed by atoms with E-state index < -0.39 is 0 Å². The summed E-state index contributed by atoms with van der Waals surface area (Å²) in [5.41, 5.74) is 6.85. The third-order valence-electron chi connectivity index (χ3n) is 4.53. The molecule has 0 bridgehead atoms. The molecule has 1 aliphatic rings. The van der Waals surface area contributed by atoms with E-state index in [4.69, 9.17) is 5.73 Å². The van der Waals surface area contributed by atoms with Gasteiger partial charge >= 0.3 is 0 Å². The Kier molecular flexibility index (Phi) is 4.64. The second-order valence-corrected chi connectivity index (χ2v) is 6.38. The first kappa shape index (κ1) is 14.9. The van der Waals surface area contributed by atoms with E-state index in [-0.39, 0.29) is 17.4 Å². The van der Waals surface area contributed by atoms with Gasteiger partial charge < -0.3 is 5.73 Å². The molecule has 2 unspecified atom stereocenters. The van der Waals surface area contributed by atoms with Crippen LogP contribution in [0.2, 0.25) is 0 Å². The van der Waals surface area contributed by atoms with Gasteiger partial charge in [0.1, 0.15) is 5.82 Å². The lowest BCUT2D eigenvalue weighted by molar-refractivity contribution is 0.0985. The van der Waals surface area contributed by atoms with Gasteiger partial charge in [0.2, 0.25) is 0 Å². The molecule has 19 heavy (non-hydrogen) atoms. The maximum atomic E-state index is 14.3. The van der Waals surface area contributed by atoms with E-state index >= 15 is 0 Å². The van der Waals surface area contributed by atoms with E-state index in [0.29, 0.717) is 10.0 Å². The van der Waals surface area contributed by atoms with Crippen LogP contribution in [0, 0.1) is 5.82 Å². The summed E-state index contributed by atoms with van der Waals surface area (Å²) in [6.45, 7) is 6.42. The molecule has 0 amide bonds. The number of benzene rings is 1. The highest BCUT2D eigenvalue weighted by Crippen LogP contribution is 2.36. The third-order valence-corrected chi connectivity index (χ3v) is 5.14. The summed E-state index contributed by atoms with van der Waals surface area (Å²) in [6.07, 6.45) is 3.34. The largest absolute Gasteiger partial charge is 0.322 e. The van der Waals surface area contributed by atoms with E-state index in [1.807, 2.05) is 6.07 Å². The zero-order chi connectivity index (χ0) is 14.0. The van der Waals surface area contributed by atoms with Gasteiger partial charge in [-0.2, -0.15) is 0 Å². The van der Waals surface area contributed by atoms with Crippen LogP contribution in [0.3, 0.4) is 0 Å². The summed E-state index contributed by atoms with van der Waals surface area (Å²) in [5, 5.41) is 0. The van der Waals surface area contributed by atoms with Gasteiger partial charge in [0, 0.05) is 11.1 Å². The number of halogens is 2. The minimum atomic E-state index is -0.312. The predicted octanol–water partition coefficient (Wildman–Crippen LogP) is 3.85. The summed E-state index contributed by atoms with van der Waals surface area (Å²) < 4.78 is 14.7. The standard InChI is InChI=1S/C15H22BrFN2/c1-3-15(2,19-9-4-5-10-19)14(18)11-7-6-8-12(16)13(11)17/h6-8,14H,3-5,9-10,18H2,1-2H3. The minimum Gasteiger partial charge on any atom is -0.322 e. The fourth-order valence-electron chi connectivity index (χ4n) is 2.96. The quantitative estimate of drug-likeness (QED) is 0.909. The number of nitrogens with zero attached hydrogens (tertiary/aromatic N) is 1. The van der Waals surface area contributed by atoms with Crippen molar-refractivity contribution in [3.05, 3.63) is 34.1 Å². The van der Waals surface area contributed by atoms with Crippen LogP contribution in [0.5, 0.6) is 0 Å². The summed E-state index contributed by atoms with van der Waals surface area (Å²) in [6, 6.07) is 5.05. The highest BCUT2D eigenvalue weighted by atomic mass is 79.9. The summed E-state index contributed by atoms with van der Waals surface area (Å²) in [5.74, 6) is -0.228. The van der Waals surface area contributed by atoms with Crippen LogP contribution < -0.4 is 5.73 Å². The highest BCUT2D eigenvalue weighted by Gasteiger charge is 2.39. The van der Waals surface area contributed by atoms with E-state index in [0.717, 1.165) is 19.5 Å². The van der Waals surface area contributed by atoms with Gasteiger partial charge in [0.05, 0.1) is 10.5 Å². The molecule has 0 aliphatic carbocycles. The summed E-state index contributed by atoms with van der Waals surface area (Å²) in [7, 11) is 0. The smallest absolute Gasteiger partial charge is 0.142 e. The summed E-state index contributed by atoms with van der Waals surface area (Å²) in [4.78, 5) is 2.41. The maximum Gasteiger partial charge on any atom is 0.142 e. The van der Waals surface area contributed by atoms with Gasteiger partial charge in [-0.25, -0.2) is 4.39 Å². The SMILES string of the molecule is CCC(C)(C(N)c1cccc(Br)c1F)N1CCCC1. The van der Waals surface area contributed by atoms with E-state index in [1.165, 1.54) is 12.8 Å². The Labute approximate surface area is 123 Å². The van der Waals surface area contributed by atoms with Crippen molar-refractivity contribution in [2.75, 3.05) is 13.1 Å². The van der Waals surface area contributed by atoms with Crippen LogP contribution in [0.25, 0.3) is 0 Å². The topological polar surface area (TPSA) is 29.3 Å². The molecule has 0 radical (unpaired) electrons. The number of likely N-dealkylation sites (tertiary alicyclic amines) is 1. The molecule has 2 rings (SSSR count). The zero-order valence-corrected chi connectivity index (χ0v) is 13.2. The normalized spacial score (nSPS) is 21.3. The Balaban J connectivity index is 2.34. The van der Waals surface area contributed by atoms with Gasteiger partial charge in [0.15, 0.2) is 0 Å². The average Bonchev–Trinajstić information content (AvgIpc) is 2.94. The predicted molar refractivity (Wildman–Crippen MR) is 80.5 cm³/mol. The molecule has 2 nitrogen and oxygen atoms in total. The number of nitrogens with two attached hydrogens (primary N) is 1. The fourth-order valence-corrected chi connectivity index (χ4v) is 3.35. The van der Waals surface area contributed by atoms with E-state index in [9.17, 15) is 4.39 Å².